The normalized spacial score (nSPS) is 11.6. The smallest absolute Gasteiger partial charge is 0.262 e. The number of benzene rings is 1. The van der Waals surface area contributed by atoms with Gasteiger partial charge in [-0.15, -0.1) is 0 Å². The third-order valence-corrected chi connectivity index (χ3v) is 3.42. The molecule has 0 spiro atoms. The van der Waals surface area contributed by atoms with Crippen LogP contribution in [0.2, 0.25) is 5.02 Å². The van der Waals surface area contributed by atoms with Crippen molar-refractivity contribution in [2.24, 2.45) is 0 Å². The molecule has 0 atom stereocenters. The molecular weight excluding hydrogens is 246 g/mol. The molecule has 0 saturated carbocycles. The first kappa shape index (κ1) is 9.85. The lowest BCUT2D eigenvalue weighted by Gasteiger charge is -2.01. The monoisotopic (exact) mass is 254 g/mol. The molecule has 0 unspecified atom stereocenters. The highest BCUT2D eigenvalue weighted by Gasteiger charge is 2.16. The summed E-state index contributed by atoms with van der Waals surface area (Å²) in [7, 11) is 0. The van der Waals surface area contributed by atoms with E-state index in [0.717, 1.165) is 27.1 Å². The Bertz CT molecular complexity index is 895. The minimum absolute atomic E-state index is 0.730. The second-order valence-corrected chi connectivity index (χ2v) is 4.65. The van der Waals surface area contributed by atoms with E-state index in [2.05, 4.69) is 21.6 Å². The highest BCUT2D eigenvalue weighted by Crippen LogP contribution is 2.20. The van der Waals surface area contributed by atoms with E-state index in [0.29, 0.717) is 0 Å². The molecule has 86 valence electrons. The molecule has 0 radical (unpaired) electrons. The molecule has 0 fully saturated rings. The summed E-state index contributed by atoms with van der Waals surface area (Å²) in [6.45, 7) is 0. The van der Waals surface area contributed by atoms with Gasteiger partial charge in [0.15, 0.2) is 0 Å². The predicted molar refractivity (Wildman–Crippen MR) is 70.9 cm³/mol. The molecule has 4 rings (SSSR count). The fourth-order valence-corrected chi connectivity index (χ4v) is 2.59. The van der Waals surface area contributed by atoms with Crippen LogP contribution in [-0.4, -0.2) is 9.50 Å². The van der Waals surface area contributed by atoms with Gasteiger partial charge in [-0.3, -0.25) is 0 Å². The summed E-state index contributed by atoms with van der Waals surface area (Å²) < 4.78 is 4.08. The number of rotatable bonds is 0. The van der Waals surface area contributed by atoms with E-state index in [4.69, 9.17) is 11.6 Å². The maximum atomic E-state index is 6.09. The molecule has 0 N–H and O–H groups in total. The van der Waals surface area contributed by atoms with Crippen molar-refractivity contribution in [2.45, 2.75) is 0 Å². The zero-order chi connectivity index (χ0) is 12.1. The molecule has 4 heteroatoms. The van der Waals surface area contributed by atoms with Gasteiger partial charge in [-0.2, -0.15) is 0 Å². The van der Waals surface area contributed by atoms with Gasteiger partial charge in [-0.05, 0) is 39.9 Å². The Balaban J connectivity index is 2.44. The average Bonchev–Trinajstić information content (AvgIpc) is 2.88. The van der Waals surface area contributed by atoms with Gasteiger partial charge in [0, 0.05) is 23.4 Å². The lowest BCUT2D eigenvalue weighted by atomic mass is 10.2. The molecule has 0 aliphatic carbocycles. The zero-order valence-corrected chi connectivity index (χ0v) is 10.2. The van der Waals surface area contributed by atoms with Crippen LogP contribution in [-0.2, 0) is 0 Å². The fraction of sp³-hybridized carbons (Fsp3) is 0. The number of hydrogen-bond acceptors (Lipinski definition) is 1. The minimum Gasteiger partial charge on any atom is -0.305 e. The van der Waals surface area contributed by atoms with Crippen molar-refractivity contribution < 1.29 is 4.52 Å². The lowest BCUT2D eigenvalue weighted by Crippen LogP contribution is -2.28. The van der Waals surface area contributed by atoms with Crippen LogP contribution in [0.15, 0.2) is 54.9 Å². The lowest BCUT2D eigenvalue weighted by molar-refractivity contribution is -0.552. The van der Waals surface area contributed by atoms with Crippen molar-refractivity contribution in [3.63, 3.8) is 0 Å². The van der Waals surface area contributed by atoms with Gasteiger partial charge in [0.1, 0.15) is 11.0 Å². The molecule has 3 heterocycles. The summed E-state index contributed by atoms with van der Waals surface area (Å²) in [5.74, 6) is 0. The highest BCUT2D eigenvalue weighted by atomic mass is 35.5. The summed E-state index contributed by atoms with van der Waals surface area (Å²) in [4.78, 5) is 0. The fourth-order valence-electron chi connectivity index (χ4n) is 2.43. The summed E-state index contributed by atoms with van der Waals surface area (Å²) in [5, 5.41) is 5.16. The van der Waals surface area contributed by atoms with Crippen LogP contribution in [0.25, 0.3) is 22.1 Å². The Morgan fingerprint density at radius 1 is 1.00 bits per heavy atom. The third kappa shape index (κ3) is 1.19. The Labute approximate surface area is 108 Å². The van der Waals surface area contributed by atoms with Crippen molar-refractivity contribution in [3.05, 3.63) is 59.9 Å². The second-order valence-electron chi connectivity index (χ2n) is 4.22. The maximum absolute atomic E-state index is 6.09. The molecule has 3 aromatic heterocycles. The van der Waals surface area contributed by atoms with E-state index >= 15 is 0 Å². The van der Waals surface area contributed by atoms with Crippen LogP contribution in [0.1, 0.15) is 0 Å². The number of halogens is 1. The molecule has 3 nitrogen and oxygen atoms in total. The van der Waals surface area contributed by atoms with Crippen LogP contribution in [0.5, 0.6) is 0 Å². The standard InChI is InChI=1S/C14H9ClN3/c15-10-5-6-13-14(9-10)17-8-2-4-11(17)12-3-1-7-16-18(12)13/h1-9H/q+1. The predicted octanol–water partition coefficient (Wildman–Crippen LogP) is 2.88. The summed E-state index contributed by atoms with van der Waals surface area (Å²) in [5.41, 5.74) is 4.30. The Hall–Kier alpha value is -2.13. The number of hydrogen-bond donors (Lipinski definition) is 0. The third-order valence-electron chi connectivity index (χ3n) is 3.19. The second kappa shape index (κ2) is 3.43. The quantitative estimate of drug-likeness (QED) is 0.349. The minimum atomic E-state index is 0.730. The molecule has 0 amide bonds. The highest BCUT2D eigenvalue weighted by molar-refractivity contribution is 6.31. The van der Waals surface area contributed by atoms with Gasteiger partial charge >= 0.3 is 0 Å². The molecule has 0 bridgehead atoms. The molecule has 4 aromatic rings. The van der Waals surface area contributed by atoms with Gasteiger partial charge in [0.25, 0.3) is 11.0 Å². The zero-order valence-electron chi connectivity index (χ0n) is 9.42. The van der Waals surface area contributed by atoms with Crippen LogP contribution >= 0.6 is 11.6 Å². The average molecular weight is 255 g/mol. The SMILES string of the molecule is Clc1ccc2c(c1)n1cccc1c1cccn[n+]12. The van der Waals surface area contributed by atoms with Crippen molar-refractivity contribution in [3.8, 4) is 0 Å². The van der Waals surface area contributed by atoms with Crippen molar-refractivity contribution in [1.82, 2.24) is 9.50 Å². The van der Waals surface area contributed by atoms with Crippen molar-refractivity contribution in [2.75, 3.05) is 0 Å². The molecule has 18 heavy (non-hydrogen) atoms. The Kier molecular flexibility index (Phi) is 1.88. The molecular formula is C14H9ClN3+. The van der Waals surface area contributed by atoms with Crippen molar-refractivity contribution >= 4 is 33.7 Å². The number of nitrogens with zero attached hydrogens (tertiary/aromatic N) is 3. The van der Waals surface area contributed by atoms with Gasteiger partial charge in [0.2, 0.25) is 0 Å². The van der Waals surface area contributed by atoms with Gasteiger partial charge in [-0.25, -0.2) is 0 Å². The van der Waals surface area contributed by atoms with Crippen LogP contribution in [0.4, 0.5) is 0 Å². The van der Waals surface area contributed by atoms with Crippen molar-refractivity contribution in [1.29, 1.82) is 0 Å². The van der Waals surface area contributed by atoms with E-state index in [1.54, 1.807) is 6.20 Å². The topological polar surface area (TPSA) is 21.4 Å². The Morgan fingerprint density at radius 3 is 2.83 bits per heavy atom. The summed E-state index contributed by atoms with van der Waals surface area (Å²) in [6, 6.07) is 14.0. The van der Waals surface area contributed by atoms with E-state index in [1.807, 2.05) is 41.0 Å². The first-order valence-corrected chi connectivity index (χ1v) is 6.08. The van der Waals surface area contributed by atoms with E-state index in [9.17, 15) is 0 Å². The first-order chi connectivity index (χ1) is 8.84. The van der Waals surface area contributed by atoms with Gasteiger partial charge < -0.3 is 4.40 Å². The number of fused-ring (bicyclic) bond motifs is 6. The Morgan fingerprint density at radius 2 is 1.89 bits per heavy atom. The molecule has 0 saturated heterocycles. The van der Waals surface area contributed by atoms with E-state index < -0.39 is 0 Å². The van der Waals surface area contributed by atoms with Crippen LogP contribution in [0, 0.1) is 0 Å². The largest absolute Gasteiger partial charge is 0.305 e. The first-order valence-electron chi connectivity index (χ1n) is 5.70. The number of aromatic nitrogens is 3. The van der Waals surface area contributed by atoms with E-state index in [-0.39, 0.29) is 0 Å². The summed E-state index contributed by atoms with van der Waals surface area (Å²) in [6.07, 6.45) is 3.83. The van der Waals surface area contributed by atoms with Gasteiger partial charge in [-0.1, -0.05) is 11.6 Å². The summed E-state index contributed by atoms with van der Waals surface area (Å²) >= 11 is 6.09. The van der Waals surface area contributed by atoms with E-state index in [1.165, 1.54) is 0 Å². The maximum Gasteiger partial charge on any atom is 0.262 e. The van der Waals surface area contributed by atoms with Crippen LogP contribution < -0.4 is 4.52 Å². The molecule has 0 aliphatic rings. The van der Waals surface area contributed by atoms with Crippen LogP contribution in [0.3, 0.4) is 0 Å². The molecule has 0 aliphatic heterocycles. The van der Waals surface area contributed by atoms with Gasteiger partial charge in [0.05, 0.1) is 6.20 Å². The molecule has 1 aromatic carbocycles.